The van der Waals surface area contributed by atoms with Crippen molar-refractivity contribution in [3.05, 3.63) is 0 Å². The molecule has 2 N–H and O–H groups in total. The Kier molecular flexibility index (Phi) is 5.32. The molecule has 0 bridgehead atoms. The van der Waals surface area contributed by atoms with E-state index in [1.54, 1.807) is 0 Å². The van der Waals surface area contributed by atoms with Crippen molar-refractivity contribution in [2.75, 3.05) is 6.61 Å². The van der Waals surface area contributed by atoms with E-state index in [1.807, 2.05) is 20.8 Å². The summed E-state index contributed by atoms with van der Waals surface area (Å²) < 4.78 is 15.2. The first-order valence-corrected chi connectivity index (χ1v) is 7.79. The maximum absolute atomic E-state index is 12.2. The second-order valence-corrected chi connectivity index (χ2v) is 8.19. The zero-order chi connectivity index (χ0) is 13.1. The average Bonchev–Trinajstić information content (AvgIpc) is 2.73. The lowest BCUT2D eigenvalue weighted by molar-refractivity contribution is 0.0936. The lowest BCUT2D eigenvalue weighted by Crippen LogP contribution is -2.52. The molecule has 1 saturated carbocycles. The smallest absolute Gasteiger partial charge is 0.136 e. The van der Waals surface area contributed by atoms with E-state index in [0.717, 1.165) is 19.3 Å². The van der Waals surface area contributed by atoms with E-state index >= 15 is 0 Å². The third-order valence-electron chi connectivity index (χ3n) is 3.87. The van der Waals surface area contributed by atoms with Crippen molar-refractivity contribution in [2.45, 2.75) is 70.6 Å². The number of hydrogen-bond acceptors (Lipinski definition) is 3. The average molecular weight is 261 g/mol. The van der Waals surface area contributed by atoms with Crippen molar-refractivity contribution in [1.29, 1.82) is 0 Å². The van der Waals surface area contributed by atoms with Gasteiger partial charge in [0.2, 0.25) is 0 Å². The van der Waals surface area contributed by atoms with Crippen LogP contribution in [0.3, 0.4) is 0 Å². The van der Waals surface area contributed by atoms with Gasteiger partial charge in [-0.2, -0.15) is 0 Å². The minimum atomic E-state index is -1.05. The molecule has 1 aliphatic carbocycles. The van der Waals surface area contributed by atoms with E-state index in [-0.39, 0.29) is 22.8 Å². The third-order valence-corrected chi connectivity index (χ3v) is 5.48. The number of aliphatic hydroxyl groups excluding tert-OH is 1. The molecule has 0 spiro atoms. The Morgan fingerprint density at radius 3 is 2.24 bits per heavy atom. The fourth-order valence-electron chi connectivity index (χ4n) is 2.64. The van der Waals surface area contributed by atoms with Crippen molar-refractivity contribution in [3.8, 4) is 0 Å². The van der Waals surface area contributed by atoms with Gasteiger partial charge in [-0.25, -0.2) is 0 Å². The quantitative estimate of drug-likeness (QED) is 0.747. The van der Waals surface area contributed by atoms with E-state index in [4.69, 9.17) is 0 Å². The summed E-state index contributed by atoms with van der Waals surface area (Å²) in [5, 5.41) is 9.69. The van der Waals surface area contributed by atoms with Crippen molar-refractivity contribution in [3.63, 3.8) is 0 Å². The largest absolute Gasteiger partial charge is 0.598 e. The minimum Gasteiger partial charge on any atom is -0.598 e. The van der Waals surface area contributed by atoms with Gasteiger partial charge in [0.25, 0.3) is 0 Å². The Bertz CT molecular complexity index is 234. The third kappa shape index (κ3) is 3.60. The van der Waals surface area contributed by atoms with Crippen LogP contribution in [-0.2, 0) is 11.4 Å². The highest BCUT2D eigenvalue weighted by atomic mass is 32.2. The van der Waals surface area contributed by atoms with E-state index in [1.165, 1.54) is 12.8 Å². The van der Waals surface area contributed by atoms with Gasteiger partial charge in [-0.15, -0.1) is 4.72 Å². The van der Waals surface area contributed by atoms with E-state index < -0.39 is 11.4 Å². The Morgan fingerprint density at radius 1 is 1.35 bits per heavy atom. The molecule has 0 aromatic heterocycles. The molecule has 3 nitrogen and oxygen atoms in total. The standard InChI is InChI=1S/C13H27NO2S/c1-5-11(14-17(16)12(2,3)4)13(10-15)8-6-7-9-13/h11,14-15H,5-10H2,1-4H3/t11-,17-/m1/s1. The first kappa shape index (κ1) is 15.3. The molecule has 102 valence electrons. The normalized spacial score (nSPS) is 23.6. The van der Waals surface area contributed by atoms with E-state index in [2.05, 4.69) is 11.6 Å². The highest BCUT2D eigenvalue weighted by Gasteiger charge is 2.43. The Morgan fingerprint density at radius 2 is 1.88 bits per heavy atom. The van der Waals surface area contributed by atoms with Gasteiger partial charge in [-0.3, -0.25) is 0 Å². The lowest BCUT2D eigenvalue weighted by Gasteiger charge is -2.37. The topological polar surface area (TPSA) is 55.3 Å². The molecular weight excluding hydrogens is 234 g/mol. The number of rotatable bonds is 5. The molecule has 0 aliphatic heterocycles. The maximum atomic E-state index is 12.2. The van der Waals surface area contributed by atoms with Gasteiger partial charge in [0.15, 0.2) is 0 Å². The van der Waals surface area contributed by atoms with Gasteiger partial charge < -0.3 is 9.66 Å². The van der Waals surface area contributed by atoms with Gasteiger partial charge in [0.05, 0.1) is 12.6 Å². The molecule has 17 heavy (non-hydrogen) atoms. The number of hydrogen-bond donors (Lipinski definition) is 2. The summed E-state index contributed by atoms with van der Waals surface area (Å²) in [6.45, 7) is 8.24. The Hall–Kier alpha value is 0.230. The van der Waals surface area contributed by atoms with Gasteiger partial charge in [0, 0.05) is 16.8 Å². The van der Waals surface area contributed by atoms with Gasteiger partial charge in [0.1, 0.15) is 4.75 Å². The zero-order valence-corrected chi connectivity index (χ0v) is 12.4. The fraction of sp³-hybridized carbons (Fsp3) is 1.00. The van der Waals surface area contributed by atoms with Crippen LogP contribution in [0.5, 0.6) is 0 Å². The predicted octanol–water partition coefficient (Wildman–Crippen LogP) is 2.37. The van der Waals surface area contributed by atoms with E-state index in [0.29, 0.717) is 0 Å². The number of nitrogens with one attached hydrogen (secondary N) is 1. The highest BCUT2D eigenvalue weighted by molar-refractivity contribution is 7.90. The predicted molar refractivity (Wildman–Crippen MR) is 73.1 cm³/mol. The summed E-state index contributed by atoms with van der Waals surface area (Å²) in [6, 6.07) is 0.162. The zero-order valence-electron chi connectivity index (χ0n) is 11.6. The molecule has 0 aromatic carbocycles. The molecule has 0 radical (unpaired) electrons. The Labute approximate surface area is 109 Å². The summed E-state index contributed by atoms with van der Waals surface area (Å²) >= 11 is -1.05. The van der Waals surface area contributed by atoms with Crippen LogP contribution in [0.15, 0.2) is 0 Å². The molecule has 0 unspecified atom stereocenters. The summed E-state index contributed by atoms with van der Waals surface area (Å²) in [5.41, 5.74) is -0.0460. The molecule has 0 heterocycles. The molecule has 0 aromatic rings. The van der Waals surface area contributed by atoms with Gasteiger partial charge in [-0.1, -0.05) is 19.8 Å². The van der Waals surface area contributed by atoms with Crippen LogP contribution in [0.2, 0.25) is 0 Å². The Balaban J connectivity index is 2.70. The molecular formula is C13H27NO2S. The molecule has 2 atom stereocenters. The monoisotopic (exact) mass is 261 g/mol. The van der Waals surface area contributed by atoms with Crippen LogP contribution in [0.25, 0.3) is 0 Å². The van der Waals surface area contributed by atoms with Gasteiger partial charge in [-0.05, 0) is 40.0 Å². The first-order valence-electron chi connectivity index (χ1n) is 6.64. The first-order chi connectivity index (χ1) is 7.85. The van der Waals surface area contributed by atoms with Crippen LogP contribution in [0, 0.1) is 5.41 Å². The fourth-order valence-corrected chi connectivity index (χ4v) is 3.67. The van der Waals surface area contributed by atoms with Crippen molar-refractivity contribution in [1.82, 2.24) is 4.72 Å². The van der Waals surface area contributed by atoms with Crippen LogP contribution in [-0.4, -0.2) is 27.1 Å². The highest BCUT2D eigenvalue weighted by Crippen LogP contribution is 2.42. The summed E-state index contributed by atoms with van der Waals surface area (Å²) in [6.07, 6.45) is 5.39. The van der Waals surface area contributed by atoms with Crippen molar-refractivity contribution < 1.29 is 9.66 Å². The van der Waals surface area contributed by atoms with Crippen molar-refractivity contribution >= 4 is 11.4 Å². The van der Waals surface area contributed by atoms with Crippen molar-refractivity contribution in [2.24, 2.45) is 5.41 Å². The molecule has 0 saturated heterocycles. The second kappa shape index (κ2) is 5.91. The molecule has 4 heteroatoms. The molecule has 1 rings (SSSR count). The van der Waals surface area contributed by atoms with E-state index in [9.17, 15) is 9.66 Å². The lowest BCUT2D eigenvalue weighted by atomic mass is 9.78. The molecule has 0 amide bonds. The summed E-state index contributed by atoms with van der Waals surface area (Å²) in [5.74, 6) is 0. The van der Waals surface area contributed by atoms with Crippen LogP contribution >= 0.6 is 0 Å². The van der Waals surface area contributed by atoms with Crippen LogP contribution < -0.4 is 4.72 Å². The maximum Gasteiger partial charge on any atom is 0.136 e. The van der Waals surface area contributed by atoms with Gasteiger partial charge >= 0.3 is 0 Å². The molecule has 1 aliphatic rings. The summed E-state index contributed by atoms with van der Waals surface area (Å²) in [4.78, 5) is 0. The minimum absolute atomic E-state index is 0.0460. The number of aliphatic hydroxyl groups is 1. The summed E-state index contributed by atoms with van der Waals surface area (Å²) in [7, 11) is 0. The van der Waals surface area contributed by atoms with Crippen LogP contribution in [0.4, 0.5) is 0 Å². The molecule has 1 fully saturated rings. The SMILES string of the molecule is CC[C@@H](N[S@+]([O-])C(C)(C)C)C1(CO)CCCC1. The second-order valence-electron chi connectivity index (χ2n) is 6.19. The van der Waals surface area contributed by atoms with Crippen LogP contribution in [0.1, 0.15) is 59.8 Å².